The summed E-state index contributed by atoms with van der Waals surface area (Å²) in [6.45, 7) is 4.46. The van der Waals surface area contributed by atoms with Crippen LogP contribution < -0.4 is 5.32 Å². The fourth-order valence-electron chi connectivity index (χ4n) is 2.79. The first-order valence-electron chi connectivity index (χ1n) is 7.79. The molecule has 0 atom stereocenters. The summed E-state index contributed by atoms with van der Waals surface area (Å²) in [5, 5.41) is 11.7. The number of fused-ring (bicyclic) bond motifs is 1. The molecule has 1 amide bonds. The van der Waals surface area contributed by atoms with Crippen LogP contribution in [0, 0.1) is 0 Å². The van der Waals surface area contributed by atoms with Gasteiger partial charge in [0.1, 0.15) is 0 Å². The van der Waals surface area contributed by atoms with Gasteiger partial charge in [0.15, 0.2) is 0 Å². The molecule has 24 heavy (non-hydrogen) atoms. The molecule has 0 saturated carbocycles. The number of aromatic carboxylic acids is 1. The molecule has 0 aliphatic carbocycles. The monoisotopic (exact) mass is 341 g/mol. The Kier molecular flexibility index (Phi) is 4.37. The number of carboxylic acids is 1. The van der Waals surface area contributed by atoms with Gasteiger partial charge in [0.2, 0.25) is 0 Å². The van der Waals surface area contributed by atoms with Gasteiger partial charge in [-0.25, -0.2) is 4.79 Å². The molecule has 0 fully saturated rings. The molecule has 0 spiro atoms. The molecule has 0 bridgehead atoms. The average molecular weight is 341 g/mol. The first kappa shape index (κ1) is 16.6. The summed E-state index contributed by atoms with van der Waals surface area (Å²) in [5.74, 6) is -0.117. The Morgan fingerprint density at radius 1 is 1.08 bits per heavy atom. The number of benzene rings is 2. The molecule has 1 heterocycles. The van der Waals surface area contributed by atoms with Crippen molar-refractivity contribution in [2.75, 3.05) is 11.1 Å². The summed E-state index contributed by atoms with van der Waals surface area (Å²) in [5.41, 5.74) is 2.82. The molecule has 0 saturated heterocycles. The van der Waals surface area contributed by atoms with Gasteiger partial charge < -0.3 is 10.4 Å². The van der Waals surface area contributed by atoms with Crippen LogP contribution in [0.2, 0.25) is 0 Å². The first-order chi connectivity index (χ1) is 11.4. The Bertz CT molecular complexity index is 797. The van der Waals surface area contributed by atoms with E-state index in [1.807, 2.05) is 18.2 Å². The molecule has 0 aromatic heterocycles. The largest absolute Gasteiger partial charge is 0.478 e. The lowest BCUT2D eigenvalue weighted by atomic mass is 9.81. The molecular weight excluding hydrogens is 322 g/mol. The second kappa shape index (κ2) is 6.32. The standard InChI is InChI=1S/C19H19NO3S/c1-19(2)9-10-24-16-11-13(5-8-15(16)19)17(21)20-14-6-3-12(4-7-14)18(22)23/h3-8,11H,9-10H2,1-2H3,(H,20,21)(H,22,23). The van der Waals surface area contributed by atoms with Crippen molar-refractivity contribution in [1.82, 2.24) is 0 Å². The Morgan fingerprint density at radius 3 is 2.42 bits per heavy atom. The van der Waals surface area contributed by atoms with Crippen molar-refractivity contribution < 1.29 is 14.7 Å². The molecule has 3 rings (SSSR count). The molecular formula is C19H19NO3S. The third-order valence-corrected chi connectivity index (χ3v) is 5.40. The van der Waals surface area contributed by atoms with E-state index < -0.39 is 5.97 Å². The smallest absolute Gasteiger partial charge is 0.335 e. The lowest BCUT2D eigenvalue weighted by Crippen LogP contribution is -2.23. The zero-order valence-electron chi connectivity index (χ0n) is 13.6. The molecule has 4 nitrogen and oxygen atoms in total. The zero-order chi connectivity index (χ0) is 17.3. The number of carboxylic acid groups (broad SMARTS) is 1. The summed E-state index contributed by atoms with van der Waals surface area (Å²) >= 11 is 1.79. The topological polar surface area (TPSA) is 66.4 Å². The van der Waals surface area contributed by atoms with Gasteiger partial charge in [-0.1, -0.05) is 19.9 Å². The van der Waals surface area contributed by atoms with Crippen LogP contribution in [0.5, 0.6) is 0 Å². The SMILES string of the molecule is CC1(C)CCSc2cc(C(=O)Nc3ccc(C(=O)O)cc3)ccc21. The highest BCUT2D eigenvalue weighted by molar-refractivity contribution is 7.99. The van der Waals surface area contributed by atoms with Gasteiger partial charge >= 0.3 is 5.97 Å². The summed E-state index contributed by atoms with van der Waals surface area (Å²) in [6.07, 6.45) is 1.13. The average Bonchev–Trinajstić information content (AvgIpc) is 2.54. The molecule has 1 aliphatic heterocycles. The predicted molar refractivity (Wildman–Crippen MR) is 96.2 cm³/mol. The minimum atomic E-state index is -0.984. The second-order valence-corrected chi connectivity index (χ2v) is 7.67. The van der Waals surface area contributed by atoms with E-state index in [9.17, 15) is 9.59 Å². The van der Waals surface area contributed by atoms with Crippen LogP contribution in [-0.4, -0.2) is 22.7 Å². The number of carbonyl (C=O) groups excluding carboxylic acids is 1. The molecule has 124 valence electrons. The highest BCUT2D eigenvalue weighted by Gasteiger charge is 2.28. The van der Waals surface area contributed by atoms with E-state index >= 15 is 0 Å². The minimum absolute atomic E-state index is 0.141. The van der Waals surface area contributed by atoms with Crippen LogP contribution in [0.25, 0.3) is 0 Å². The van der Waals surface area contributed by atoms with Crippen molar-refractivity contribution in [2.45, 2.75) is 30.6 Å². The Hall–Kier alpha value is -2.27. The summed E-state index contributed by atoms with van der Waals surface area (Å²) in [6, 6.07) is 12.0. The fraction of sp³-hybridized carbons (Fsp3) is 0.263. The first-order valence-corrected chi connectivity index (χ1v) is 8.77. The van der Waals surface area contributed by atoms with E-state index in [1.54, 1.807) is 23.9 Å². The van der Waals surface area contributed by atoms with E-state index in [0.29, 0.717) is 11.3 Å². The lowest BCUT2D eigenvalue weighted by molar-refractivity contribution is 0.0696. The molecule has 5 heteroatoms. The zero-order valence-corrected chi connectivity index (χ0v) is 14.4. The van der Waals surface area contributed by atoms with E-state index in [-0.39, 0.29) is 16.9 Å². The fourth-order valence-corrected chi connectivity index (χ4v) is 4.33. The van der Waals surface area contributed by atoms with Crippen molar-refractivity contribution in [3.05, 3.63) is 59.2 Å². The van der Waals surface area contributed by atoms with Crippen LogP contribution in [-0.2, 0) is 5.41 Å². The van der Waals surface area contributed by atoms with Gasteiger partial charge in [-0.2, -0.15) is 0 Å². The third kappa shape index (κ3) is 3.31. The van der Waals surface area contributed by atoms with Crippen LogP contribution >= 0.6 is 11.8 Å². The van der Waals surface area contributed by atoms with Crippen LogP contribution in [0.4, 0.5) is 5.69 Å². The van der Waals surface area contributed by atoms with Crippen LogP contribution in [0.15, 0.2) is 47.4 Å². The van der Waals surface area contributed by atoms with Crippen molar-refractivity contribution in [3.8, 4) is 0 Å². The normalized spacial score (nSPS) is 15.4. The highest BCUT2D eigenvalue weighted by atomic mass is 32.2. The maximum Gasteiger partial charge on any atom is 0.335 e. The highest BCUT2D eigenvalue weighted by Crippen LogP contribution is 2.41. The number of hydrogen-bond donors (Lipinski definition) is 2. The summed E-state index contributed by atoms with van der Waals surface area (Å²) in [7, 11) is 0. The van der Waals surface area contributed by atoms with Gasteiger partial charge in [0, 0.05) is 16.1 Å². The second-order valence-electron chi connectivity index (χ2n) is 6.53. The van der Waals surface area contributed by atoms with Gasteiger partial charge in [-0.3, -0.25) is 4.79 Å². The summed E-state index contributed by atoms with van der Waals surface area (Å²) in [4.78, 5) is 24.5. The third-order valence-electron chi connectivity index (χ3n) is 4.35. The predicted octanol–water partition coefficient (Wildman–Crippen LogP) is 4.41. The molecule has 2 N–H and O–H groups in total. The van der Waals surface area contributed by atoms with Gasteiger partial charge in [-0.05, 0) is 59.6 Å². The van der Waals surface area contributed by atoms with E-state index in [2.05, 4.69) is 19.2 Å². The number of nitrogens with one attached hydrogen (secondary N) is 1. The molecule has 1 aliphatic rings. The molecule has 2 aromatic rings. The van der Waals surface area contributed by atoms with E-state index in [4.69, 9.17) is 5.11 Å². The van der Waals surface area contributed by atoms with Crippen molar-refractivity contribution in [2.24, 2.45) is 0 Å². The summed E-state index contributed by atoms with van der Waals surface area (Å²) < 4.78 is 0. The number of anilines is 1. The van der Waals surface area contributed by atoms with Crippen molar-refractivity contribution in [3.63, 3.8) is 0 Å². The molecule has 0 unspecified atom stereocenters. The van der Waals surface area contributed by atoms with Crippen LogP contribution in [0.3, 0.4) is 0 Å². The van der Waals surface area contributed by atoms with Crippen LogP contribution in [0.1, 0.15) is 46.5 Å². The molecule has 0 radical (unpaired) electrons. The van der Waals surface area contributed by atoms with Crippen molar-refractivity contribution in [1.29, 1.82) is 0 Å². The quantitative estimate of drug-likeness (QED) is 0.868. The Balaban J connectivity index is 1.79. The number of thioether (sulfide) groups is 1. The van der Waals surface area contributed by atoms with Gasteiger partial charge in [0.05, 0.1) is 5.56 Å². The Labute approximate surface area is 145 Å². The van der Waals surface area contributed by atoms with Crippen molar-refractivity contribution >= 4 is 29.3 Å². The van der Waals surface area contributed by atoms with Gasteiger partial charge in [0.25, 0.3) is 5.91 Å². The van der Waals surface area contributed by atoms with E-state index in [0.717, 1.165) is 12.2 Å². The lowest BCUT2D eigenvalue weighted by Gasteiger charge is -2.32. The van der Waals surface area contributed by atoms with E-state index in [1.165, 1.54) is 22.6 Å². The Morgan fingerprint density at radius 2 is 1.75 bits per heavy atom. The number of amides is 1. The number of hydrogen-bond acceptors (Lipinski definition) is 3. The van der Waals surface area contributed by atoms with Gasteiger partial charge in [-0.15, -0.1) is 11.8 Å². The maximum atomic E-state index is 12.4. The number of carbonyl (C=O) groups is 2. The maximum absolute atomic E-state index is 12.4. The minimum Gasteiger partial charge on any atom is -0.478 e. The number of rotatable bonds is 3. The molecule has 2 aromatic carbocycles.